The minimum absolute atomic E-state index is 0.202. The van der Waals surface area contributed by atoms with Gasteiger partial charge < -0.3 is 10.5 Å². The summed E-state index contributed by atoms with van der Waals surface area (Å²) in [6.45, 7) is 3.86. The Labute approximate surface area is 101 Å². The monoisotopic (exact) mass is 240 g/mol. The van der Waals surface area contributed by atoms with Gasteiger partial charge in [0.25, 0.3) is 0 Å². The maximum Gasteiger partial charge on any atom is 0.0931 e. The highest BCUT2D eigenvalue weighted by Crippen LogP contribution is 2.21. The number of aromatic nitrogens is 1. The van der Waals surface area contributed by atoms with Crippen molar-refractivity contribution in [3.05, 3.63) is 16.1 Å². The zero-order valence-corrected chi connectivity index (χ0v) is 10.6. The quantitative estimate of drug-likeness (QED) is 0.875. The molecule has 1 aliphatic rings. The van der Waals surface area contributed by atoms with Crippen molar-refractivity contribution in [2.45, 2.75) is 38.6 Å². The SMILES string of the molecule is CC(N)Cc1csc(CC2CCCOC2)n1. The van der Waals surface area contributed by atoms with Crippen molar-refractivity contribution >= 4 is 11.3 Å². The molecule has 1 aromatic rings. The Hall–Kier alpha value is -0.450. The first-order chi connectivity index (χ1) is 7.74. The zero-order chi connectivity index (χ0) is 11.4. The molecule has 4 heteroatoms. The van der Waals surface area contributed by atoms with Crippen LogP contribution < -0.4 is 5.73 Å². The molecule has 0 amide bonds. The first kappa shape index (κ1) is 12.0. The summed E-state index contributed by atoms with van der Waals surface area (Å²) in [5.41, 5.74) is 6.91. The van der Waals surface area contributed by atoms with Crippen LogP contribution in [-0.2, 0) is 17.6 Å². The fourth-order valence-corrected chi connectivity index (χ4v) is 3.00. The molecule has 2 rings (SSSR count). The van der Waals surface area contributed by atoms with Crippen molar-refractivity contribution in [1.29, 1.82) is 0 Å². The normalized spacial score (nSPS) is 23.2. The predicted molar refractivity (Wildman–Crippen MR) is 66.7 cm³/mol. The Balaban J connectivity index is 1.86. The summed E-state index contributed by atoms with van der Waals surface area (Å²) in [6.07, 6.45) is 4.44. The number of thiazole rings is 1. The third kappa shape index (κ3) is 3.54. The van der Waals surface area contributed by atoms with E-state index < -0.39 is 0 Å². The molecule has 0 aromatic carbocycles. The van der Waals surface area contributed by atoms with Gasteiger partial charge >= 0.3 is 0 Å². The van der Waals surface area contributed by atoms with E-state index >= 15 is 0 Å². The molecule has 0 spiro atoms. The first-order valence-corrected chi connectivity index (χ1v) is 6.88. The number of hydrogen-bond donors (Lipinski definition) is 1. The Bertz CT molecular complexity index is 319. The lowest BCUT2D eigenvalue weighted by molar-refractivity contribution is 0.0550. The van der Waals surface area contributed by atoms with Crippen molar-refractivity contribution in [3.8, 4) is 0 Å². The van der Waals surface area contributed by atoms with Gasteiger partial charge in [-0.25, -0.2) is 4.98 Å². The molecule has 0 radical (unpaired) electrons. The highest BCUT2D eigenvalue weighted by atomic mass is 32.1. The van der Waals surface area contributed by atoms with Gasteiger partial charge in [0.2, 0.25) is 0 Å². The maximum atomic E-state index is 5.76. The van der Waals surface area contributed by atoms with Crippen LogP contribution in [0.15, 0.2) is 5.38 Å². The Morgan fingerprint density at radius 2 is 2.56 bits per heavy atom. The Morgan fingerprint density at radius 3 is 3.25 bits per heavy atom. The van der Waals surface area contributed by atoms with Crippen LogP contribution in [0.3, 0.4) is 0 Å². The number of rotatable bonds is 4. The van der Waals surface area contributed by atoms with Gasteiger partial charge in [-0.05, 0) is 25.7 Å². The third-order valence-electron chi connectivity index (χ3n) is 2.85. The topological polar surface area (TPSA) is 48.1 Å². The lowest BCUT2D eigenvalue weighted by atomic mass is 9.99. The summed E-state index contributed by atoms with van der Waals surface area (Å²) < 4.78 is 5.48. The summed E-state index contributed by atoms with van der Waals surface area (Å²) >= 11 is 1.76. The zero-order valence-electron chi connectivity index (χ0n) is 9.82. The third-order valence-corrected chi connectivity index (χ3v) is 3.77. The van der Waals surface area contributed by atoms with E-state index in [1.165, 1.54) is 17.8 Å². The van der Waals surface area contributed by atoms with E-state index in [1.54, 1.807) is 11.3 Å². The molecule has 1 fully saturated rings. The minimum Gasteiger partial charge on any atom is -0.381 e. The molecule has 2 heterocycles. The second-order valence-electron chi connectivity index (χ2n) is 4.70. The van der Waals surface area contributed by atoms with Crippen LogP contribution in [0.2, 0.25) is 0 Å². The van der Waals surface area contributed by atoms with Crippen LogP contribution in [0.5, 0.6) is 0 Å². The fourth-order valence-electron chi connectivity index (χ4n) is 2.08. The largest absolute Gasteiger partial charge is 0.381 e. The van der Waals surface area contributed by atoms with Gasteiger partial charge in [-0.3, -0.25) is 0 Å². The average molecular weight is 240 g/mol. The summed E-state index contributed by atoms with van der Waals surface area (Å²) in [7, 11) is 0. The van der Waals surface area contributed by atoms with E-state index in [0.29, 0.717) is 5.92 Å². The van der Waals surface area contributed by atoms with Gasteiger partial charge in [0, 0.05) is 37.5 Å². The van der Waals surface area contributed by atoms with Crippen LogP contribution in [0.25, 0.3) is 0 Å². The van der Waals surface area contributed by atoms with Crippen molar-refractivity contribution in [2.24, 2.45) is 11.7 Å². The fraction of sp³-hybridized carbons (Fsp3) is 0.750. The molecule has 90 valence electrons. The number of nitrogens with zero attached hydrogens (tertiary/aromatic N) is 1. The van der Waals surface area contributed by atoms with Crippen LogP contribution in [0.1, 0.15) is 30.5 Å². The Morgan fingerprint density at radius 1 is 1.69 bits per heavy atom. The van der Waals surface area contributed by atoms with E-state index in [0.717, 1.165) is 31.7 Å². The molecular formula is C12H20N2OS. The summed E-state index contributed by atoms with van der Waals surface area (Å²) in [5, 5.41) is 3.38. The van der Waals surface area contributed by atoms with Gasteiger partial charge in [0.15, 0.2) is 0 Å². The van der Waals surface area contributed by atoms with Crippen molar-refractivity contribution < 1.29 is 4.74 Å². The minimum atomic E-state index is 0.202. The smallest absolute Gasteiger partial charge is 0.0931 e. The van der Waals surface area contributed by atoms with E-state index in [2.05, 4.69) is 10.4 Å². The van der Waals surface area contributed by atoms with Crippen molar-refractivity contribution in [3.63, 3.8) is 0 Å². The van der Waals surface area contributed by atoms with Gasteiger partial charge in [-0.15, -0.1) is 11.3 Å². The predicted octanol–water partition coefficient (Wildman–Crippen LogP) is 2.00. The highest BCUT2D eigenvalue weighted by Gasteiger charge is 2.16. The molecule has 2 N–H and O–H groups in total. The summed E-state index contributed by atoms with van der Waals surface area (Å²) in [5.74, 6) is 0.669. The molecule has 1 saturated heterocycles. The molecule has 1 aliphatic heterocycles. The van der Waals surface area contributed by atoms with E-state index in [9.17, 15) is 0 Å². The molecule has 2 unspecified atom stereocenters. The molecule has 0 aliphatic carbocycles. The van der Waals surface area contributed by atoms with Crippen LogP contribution >= 0.6 is 11.3 Å². The lowest BCUT2D eigenvalue weighted by Crippen LogP contribution is -2.19. The second-order valence-corrected chi connectivity index (χ2v) is 5.64. The number of nitrogens with two attached hydrogens (primary N) is 1. The first-order valence-electron chi connectivity index (χ1n) is 6.00. The highest BCUT2D eigenvalue weighted by molar-refractivity contribution is 7.09. The van der Waals surface area contributed by atoms with Crippen molar-refractivity contribution in [1.82, 2.24) is 4.98 Å². The molecule has 1 aromatic heterocycles. The van der Waals surface area contributed by atoms with E-state index in [1.807, 2.05) is 6.92 Å². The molecular weight excluding hydrogens is 220 g/mol. The summed E-state index contributed by atoms with van der Waals surface area (Å²) in [6, 6.07) is 0.202. The van der Waals surface area contributed by atoms with Gasteiger partial charge in [-0.1, -0.05) is 0 Å². The van der Waals surface area contributed by atoms with Crippen LogP contribution in [0.4, 0.5) is 0 Å². The molecule has 0 saturated carbocycles. The van der Waals surface area contributed by atoms with Gasteiger partial charge in [0.05, 0.1) is 10.7 Å². The lowest BCUT2D eigenvalue weighted by Gasteiger charge is -2.20. The molecule has 16 heavy (non-hydrogen) atoms. The summed E-state index contributed by atoms with van der Waals surface area (Å²) in [4.78, 5) is 4.63. The number of hydrogen-bond acceptors (Lipinski definition) is 4. The number of ether oxygens (including phenoxy) is 1. The van der Waals surface area contributed by atoms with Crippen LogP contribution in [0, 0.1) is 5.92 Å². The van der Waals surface area contributed by atoms with E-state index in [4.69, 9.17) is 10.5 Å². The van der Waals surface area contributed by atoms with Crippen LogP contribution in [-0.4, -0.2) is 24.2 Å². The van der Waals surface area contributed by atoms with Crippen molar-refractivity contribution in [2.75, 3.05) is 13.2 Å². The van der Waals surface area contributed by atoms with Gasteiger partial charge in [-0.2, -0.15) is 0 Å². The second kappa shape index (κ2) is 5.75. The maximum absolute atomic E-state index is 5.76. The average Bonchev–Trinajstić information content (AvgIpc) is 2.66. The molecule has 0 bridgehead atoms. The molecule has 3 nitrogen and oxygen atoms in total. The van der Waals surface area contributed by atoms with Gasteiger partial charge in [0.1, 0.15) is 0 Å². The Kier molecular flexibility index (Phi) is 4.32. The van der Waals surface area contributed by atoms with E-state index in [-0.39, 0.29) is 6.04 Å². The standard InChI is InChI=1S/C12H20N2OS/c1-9(13)5-11-8-16-12(14-11)6-10-3-2-4-15-7-10/h8-10H,2-7,13H2,1H3. The molecule has 2 atom stereocenters.